The van der Waals surface area contributed by atoms with E-state index in [0.29, 0.717) is 25.0 Å². The fraction of sp³-hybridized carbons (Fsp3) is 0.0714. The molecule has 0 fully saturated rings. The maximum atomic E-state index is 4.73. The lowest BCUT2D eigenvalue weighted by molar-refractivity contribution is -0.651. The van der Waals surface area contributed by atoms with Crippen LogP contribution in [0.2, 0.25) is 0 Å². The fourth-order valence-electron chi connectivity index (χ4n) is 5.19. The summed E-state index contributed by atoms with van der Waals surface area (Å²) in [6.45, 7) is 1.18. The van der Waals surface area contributed by atoms with Gasteiger partial charge in [-0.15, -0.1) is 0 Å². The molecule has 4 heterocycles. The molecule has 0 atom stereocenters. The van der Waals surface area contributed by atoms with Crippen molar-refractivity contribution in [1.29, 1.82) is 0 Å². The zero-order valence-electron chi connectivity index (χ0n) is 20.2. The number of nitrogens with zero attached hydrogens (tertiary/aromatic N) is 8. The van der Waals surface area contributed by atoms with Crippen molar-refractivity contribution in [3.63, 3.8) is 0 Å². The van der Waals surface area contributed by atoms with E-state index in [9.17, 15) is 0 Å². The number of benzene rings is 4. The molecule has 0 aliphatic carbocycles. The minimum absolute atomic E-state index is 0.549. The highest BCUT2D eigenvalue weighted by atomic mass is 15.6. The molecule has 0 radical (unpaired) electrons. The maximum Gasteiger partial charge on any atom is 0.402 e. The van der Waals surface area contributed by atoms with Gasteiger partial charge in [-0.1, -0.05) is 60.7 Å². The number of aromatic nitrogens is 8. The average Bonchev–Trinajstić information content (AvgIpc) is 3.61. The maximum absolute atomic E-state index is 4.73. The van der Waals surface area contributed by atoms with Crippen LogP contribution in [0.1, 0.15) is 0 Å². The molecule has 8 aromatic rings. The number of fused-ring (bicyclic) bond motifs is 12. The van der Waals surface area contributed by atoms with Crippen LogP contribution in [-0.4, -0.2) is 42.7 Å². The molecule has 0 saturated heterocycles. The summed E-state index contributed by atoms with van der Waals surface area (Å²) >= 11 is 0. The molecular formula is C28H22N10+2. The van der Waals surface area contributed by atoms with Crippen molar-refractivity contribution < 1.29 is 9.26 Å². The van der Waals surface area contributed by atoms with Crippen molar-refractivity contribution in [3.8, 4) is 0 Å². The molecule has 38 heavy (non-hydrogen) atoms. The number of hydrogen-bond acceptors (Lipinski definition) is 6. The Balaban J connectivity index is 1.08. The van der Waals surface area contributed by atoms with Gasteiger partial charge in [0.2, 0.25) is 0 Å². The zero-order chi connectivity index (χ0) is 25.1. The van der Waals surface area contributed by atoms with Crippen LogP contribution in [-0.2, 0) is 0 Å². The molecular weight excluding hydrogens is 476 g/mol. The van der Waals surface area contributed by atoms with Gasteiger partial charge in [0, 0.05) is 54.1 Å². The van der Waals surface area contributed by atoms with Crippen LogP contribution in [0.25, 0.3) is 43.6 Å². The highest BCUT2D eigenvalue weighted by molar-refractivity contribution is 6.03. The lowest BCUT2D eigenvalue weighted by Crippen LogP contribution is -2.33. The second kappa shape index (κ2) is 8.07. The average molecular weight is 499 g/mol. The lowest BCUT2D eigenvalue weighted by Gasteiger charge is -2.00. The summed E-state index contributed by atoms with van der Waals surface area (Å²) in [7, 11) is 0. The summed E-state index contributed by atoms with van der Waals surface area (Å²) in [6, 6.07) is 32.9. The van der Waals surface area contributed by atoms with Gasteiger partial charge in [0.25, 0.3) is 0 Å². The van der Waals surface area contributed by atoms with Crippen LogP contribution in [0.3, 0.4) is 0 Å². The Bertz CT molecular complexity index is 1860. The number of para-hydroxylation sites is 4. The first-order valence-corrected chi connectivity index (χ1v) is 12.5. The molecule has 0 spiro atoms. The quantitative estimate of drug-likeness (QED) is 0.215. The third-order valence-electron chi connectivity index (χ3n) is 6.87. The van der Waals surface area contributed by atoms with Crippen LogP contribution in [0, 0.1) is 0 Å². The summed E-state index contributed by atoms with van der Waals surface area (Å²) in [5, 5.41) is 30.1. The van der Waals surface area contributed by atoms with Crippen molar-refractivity contribution >= 4 is 55.5 Å². The van der Waals surface area contributed by atoms with E-state index in [1.165, 1.54) is 0 Å². The van der Waals surface area contributed by atoms with E-state index >= 15 is 0 Å². The van der Waals surface area contributed by atoms with Gasteiger partial charge in [0.1, 0.15) is 11.0 Å². The van der Waals surface area contributed by atoms with Gasteiger partial charge in [0.05, 0.1) is 10.2 Å². The monoisotopic (exact) mass is 498 g/mol. The van der Waals surface area contributed by atoms with Gasteiger partial charge < -0.3 is 10.6 Å². The van der Waals surface area contributed by atoms with E-state index in [1.54, 1.807) is 0 Å². The minimum atomic E-state index is 0.549. The SMILES string of the molecule is c1ccc2c(c1)c1ccccc1[n+]1nc(NCCNc3nn4c5ccccc5c5ccccc5[n+]4n3)nn21. The Hall–Kier alpha value is -5.38. The van der Waals surface area contributed by atoms with Crippen LogP contribution in [0.15, 0.2) is 97.1 Å². The third kappa shape index (κ3) is 3.07. The molecule has 0 aliphatic rings. The summed E-state index contributed by atoms with van der Waals surface area (Å²) in [6.07, 6.45) is 0. The van der Waals surface area contributed by atoms with Crippen molar-refractivity contribution in [2.24, 2.45) is 0 Å². The molecule has 0 aliphatic heterocycles. The first-order valence-electron chi connectivity index (χ1n) is 12.5. The highest BCUT2D eigenvalue weighted by Gasteiger charge is 2.21. The Morgan fingerprint density at radius 3 is 1.37 bits per heavy atom. The van der Waals surface area contributed by atoms with Crippen LogP contribution >= 0.6 is 0 Å². The molecule has 0 unspecified atom stereocenters. The minimum Gasteiger partial charge on any atom is -0.326 e. The van der Waals surface area contributed by atoms with E-state index in [0.717, 1.165) is 43.6 Å². The van der Waals surface area contributed by atoms with Gasteiger partial charge in [-0.25, -0.2) is 0 Å². The Labute approximate surface area is 215 Å². The van der Waals surface area contributed by atoms with E-state index in [-0.39, 0.29) is 0 Å². The first kappa shape index (κ1) is 20.8. The zero-order valence-corrected chi connectivity index (χ0v) is 20.2. The molecule has 0 saturated carbocycles. The topological polar surface area (TPSA) is 92.6 Å². The Morgan fingerprint density at radius 1 is 0.500 bits per heavy atom. The van der Waals surface area contributed by atoms with Crippen molar-refractivity contribution in [1.82, 2.24) is 29.7 Å². The molecule has 0 bridgehead atoms. The second-order valence-electron chi connectivity index (χ2n) is 9.13. The summed E-state index contributed by atoms with van der Waals surface area (Å²) < 4.78 is 7.35. The fourth-order valence-corrected chi connectivity index (χ4v) is 5.19. The number of hydrogen-bond donors (Lipinski definition) is 2. The van der Waals surface area contributed by atoms with E-state index in [4.69, 9.17) is 20.4 Å². The number of nitrogens with one attached hydrogen (secondary N) is 2. The van der Waals surface area contributed by atoms with Crippen molar-refractivity contribution in [3.05, 3.63) is 97.1 Å². The van der Waals surface area contributed by atoms with E-state index < -0.39 is 0 Å². The molecule has 10 heteroatoms. The third-order valence-corrected chi connectivity index (χ3v) is 6.87. The summed E-state index contributed by atoms with van der Waals surface area (Å²) in [5.41, 5.74) is 3.98. The van der Waals surface area contributed by atoms with Crippen molar-refractivity contribution in [2.75, 3.05) is 23.7 Å². The highest BCUT2D eigenvalue weighted by Crippen LogP contribution is 2.22. The second-order valence-corrected chi connectivity index (χ2v) is 9.13. The Kier molecular flexibility index (Phi) is 4.41. The largest absolute Gasteiger partial charge is 0.402 e. The summed E-state index contributed by atoms with van der Waals surface area (Å²) in [5.74, 6) is 1.10. The van der Waals surface area contributed by atoms with Gasteiger partial charge in [-0.05, 0) is 45.7 Å². The van der Waals surface area contributed by atoms with Gasteiger partial charge in [-0.3, -0.25) is 0 Å². The summed E-state index contributed by atoms with van der Waals surface area (Å²) in [4.78, 5) is 0. The van der Waals surface area contributed by atoms with Crippen LogP contribution < -0.4 is 19.9 Å². The predicted octanol–water partition coefficient (Wildman–Crippen LogP) is 3.08. The standard InChI is InChI=1S/C28H22N10/c1-5-13-23-19(9-1)20-10-2-6-14-24(20)36-32-27(31-35(23)36)29-17-18-30-28-33-37-25-15-7-3-11-21(25)22-12-4-8-16-26(22)38(37)34-28/h1-16H,17-18H2,(H,29,31,32)(H,30,33,34)/q+2. The van der Waals surface area contributed by atoms with Crippen LogP contribution in [0.4, 0.5) is 11.9 Å². The predicted molar refractivity (Wildman–Crippen MR) is 144 cm³/mol. The van der Waals surface area contributed by atoms with E-state index in [1.807, 2.05) is 67.1 Å². The molecule has 4 aromatic heterocycles. The smallest absolute Gasteiger partial charge is 0.326 e. The first-order chi connectivity index (χ1) is 18.8. The van der Waals surface area contributed by atoms with Gasteiger partial charge in [-0.2, -0.15) is 0 Å². The Morgan fingerprint density at radius 2 is 0.895 bits per heavy atom. The normalized spacial score (nSPS) is 11.9. The molecule has 10 nitrogen and oxygen atoms in total. The molecule has 0 amide bonds. The number of tetrazole rings is 2. The van der Waals surface area contributed by atoms with Crippen molar-refractivity contribution in [2.45, 2.75) is 0 Å². The van der Waals surface area contributed by atoms with E-state index in [2.05, 4.69) is 59.2 Å². The molecule has 8 rings (SSSR count). The van der Waals surface area contributed by atoms with Crippen LogP contribution in [0.5, 0.6) is 0 Å². The van der Waals surface area contributed by atoms with Gasteiger partial charge in [0.15, 0.2) is 11.0 Å². The van der Waals surface area contributed by atoms with Gasteiger partial charge >= 0.3 is 11.9 Å². The lowest BCUT2D eigenvalue weighted by atomic mass is 10.1. The number of anilines is 2. The molecule has 182 valence electrons. The molecule has 2 N–H and O–H groups in total. The molecule has 4 aromatic carbocycles. The number of rotatable bonds is 5.